The van der Waals surface area contributed by atoms with Crippen molar-refractivity contribution in [2.75, 3.05) is 6.61 Å². The number of benzene rings is 2. The molecule has 1 aliphatic rings. The normalized spacial score (nSPS) is 26.5. The predicted octanol–water partition coefficient (Wildman–Crippen LogP) is 2.26. The Morgan fingerprint density at radius 3 is 2.00 bits per heavy atom. The Hall–Kier alpha value is -1.76. The standard InChI is InChI=1S/C20H24O5/c21-12-18-20(24-14-16-9-5-2-6-10-16)17(11-19(22)25-18)23-13-15-7-3-1-4-8-15/h1-10,17-22H,11-14H2/t17-,18-,19?,20-/m1/s1. The van der Waals surface area contributed by atoms with E-state index in [9.17, 15) is 10.2 Å². The van der Waals surface area contributed by atoms with E-state index < -0.39 is 18.5 Å². The van der Waals surface area contributed by atoms with Gasteiger partial charge in [-0.25, -0.2) is 0 Å². The minimum absolute atomic E-state index is 0.234. The number of hydrogen-bond donors (Lipinski definition) is 2. The summed E-state index contributed by atoms with van der Waals surface area (Å²) in [6, 6.07) is 19.6. The molecule has 0 aliphatic carbocycles. The molecule has 2 aromatic carbocycles. The molecular formula is C20H24O5. The van der Waals surface area contributed by atoms with E-state index in [-0.39, 0.29) is 12.7 Å². The maximum atomic E-state index is 9.91. The van der Waals surface area contributed by atoms with Crippen molar-refractivity contribution in [3.8, 4) is 0 Å². The van der Waals surface area contributed by atoms with Gasteiger partial charge in [-0.3, -0.25) is 0 Å². The number of aliphatic hydroxyl groups is 2. The van der Waals surface area contributed by atoms with Gasteiger partial charge >= 0.3 is 0 Å². The van der Waals surface area contributed by atoms with Crippen molar-refractivity contribution in [3.63, 3.8) is 0 Å². The summed E-state index contributed by atoms with van der Waals surface area (Å²) in [5.41, 5.74) is 2.08. The second-order valence-electron chi connectivity index (χ2n) is 6.14. The Morgan fingerprint density at radius 1 is 0.880 bits per heavy atom. The third kappa shape index (κ3) is 5.11. The average Bonchev–Trinajstić information content (AvgIpc) is 2.66. The van der Waals surface area contributed by atoms with Gasteiger partial charge in [0.05, 0.1) is 25.9 Å². The maximum Gasteiger partial charge on any atom is 0.157 e. The largest absolute Gasteiger partial charge is 0.394 e. The molecule has 25 heavy (non-hydrogen) atoms. The van der Waals surface area contributed by atoms with Gasteiger partial charge in [-0.1, -0.05) is 60.7 Å². The van der Waals surface area contributed by atoms with E-state index >= 15 is 0 Å². The molecule has 5 heteroatoms. The van der Waals surface area contributed by atoms with Gasteiger partial charge < -0.3 is 24.4 Å². The van der Waals surface area contributed by atoms with Crippen LogP contribution in [0.3, 0.4) is 0 Å². The molecule has 1 saturated heterocycles. The van der Waals surface area contributed by atoms with Crippen LogP contribution < -0.4 is 0 Å². The van der Waals surface area contributed by atoms with E-state index in [2.05, 4.69) is 0 Å². The van der Waals surface area contributed by atoms with E-state index in [1.54, 1.807) is 0 Å². The summed E-state index contributed by atoms with van der Waals surface area (Å²) in [6.07, 6.45) is -2.08. The van der Waals surface area contributed by atoms with Crippen LogP contribution in [0.25, 0.3) is 0 Å². The quantitative estimate of drug-likeness (QED) is 0.806. The Kier molecular flexibility index (Phi) is 6.55. The molecule has 4 atom stereocenters. The fourth-order valence-electron chi connectivity index (χ4n) is 2.98. The number of hydrogen-bond acceptors (Lipinski definition) is 5. The lowest BCUT2D eigenvalue weighted by molar-refractivity contribution is -0.262. The second-order valence-corrected chi connectivity index (χ2v) is 6.14. The fraction of sp³-hybridized carbons (Fsp3) is 0.400. The fourth-order valence-corrected chi connectivity index (χ4v) is 2.98. The lowest BCUT2D eigenvalue weighted by Gasteiger charge is -2.39. The third-order valence-electron chi connectivity index (χ3n) is 4.27. The molecule has 0 saturated carbocycles. The zero-order valence-electron chi connectivity index (χ0n) is 14.0. The molecule has 2 aromatic rings. The van der Waals surface area contributed by atoms with Gasteiger partial charge in [0.15, 0.2) is 6.29 Å². The Labute approximate surface area is 147 Å². The van der Waals surface area contributed by atoms with Crippen molar-refractivity contribution in [2.45, 2.75) is 44.2 Å². The van der Waals surface area contributed by atoms with Crippen molar-refractivity contribution in [2.24, 2.45) is 0 Å². The molecule has 1 fully saturated rings. The number of aliphatic hydroxyl groups excluding tert-OH is 2. The molecule has 5 nitrogen and oxygen atoms in total. The van der Waals surface area contributed by atoms with Crippen LogP contribution in [-0.2, 0) is 27.4 Å². The van der Waals surface area contributed by atoms with E-state index in [1.165, 1.54) is 0 Å². The Balaban J connectivity index is 1.65. The summed E-state index contributed by atoms with van der Waals surface area (Å²) in [7, 11) is 0. The van der Waals surface area contributed by atoms with E-state index in [4.69, 9.17) is 14.2 Å². The summed E-state index contributed by atoms with van der Waals surface area (Å²) in [4.78, 5) is 0. The van der Waals surface area contributed by atoms with Crippen molar-refractivity contribution < 1.29 is 24.4 Å². The summed E-state index contributed by atoms with van der Waals surface area (Å²) >= 11 is 0. The van der Waals surface area contributed by atoms with Crippen LogP contribution in [0.15, 0.2) is 60.7 Å². The van der Waals surface area contributed by atoms with Gasteiger partial charge in [0.25, 0.3) is 0 Å². The first-order valence-corrected chi connectivity index (χ1v) is 8.51. The van der Waals surface area contributed by atoms with Gasteiger partial charge in [-0.15, -0.1) is 0 Å². The van der Waals surface area contributed by atoms with Crippen molar-refractivity contribution in [1.29, 1.82) is 0 Å². The van der Waals surface area contributed by atoms with Crippen LogP contribution in [0, 0.1) is 0 Å². The van der Waals surface area contributed by atoms with E-state index in [1.807, 2.05) is 60.7 Å². The molecule has 1 aliphatic heterocycles. The molecule has 0 radical (unpaired) electrons. The highest BCUT2D eigenvalue weighted by atomic mass is 16.6. The SMILES string of the molecule is OC[C@H]1OC(O)C[C@@H](OCc2ccccc2)[C@H]1OCc1ccccc1. The van der Waals surface area contributed by atoms with Crippen molar-refractivity contribution in [3.05, 3.63) is 71.8 Å². The van der Waals surface area contributed by atoms with Gasteiger partial charge in [-0.2, -0.15) is 0 Å². The monoisotopic (exact) mass is 344 g/mol. The highest BCUT2D eigenvalue weighted by Gasteiger charge is 2.39. The smallest absolute Gasteiger partial charge is 0.157 e. The van der Waals surface area contributed by atoms with Crippen LogP contribution in [0.1, 0.15) is 17.5 Å². The first kappa shape index (κ1) is 18.0. The summed E-state index contributed by atoms with van der Waals surface area (Å²) in [5.74, 6) is 0. The number of rotatable bonds is 7. The molecule has 0 amide bonds. The van der Waals surface area contributed by atoms with Crippen LogP contribution >= 0.6 is 0 Å². The average molecular weight is 344 g/mol. The van der Waals surface area contributed by atoms with Crippen LogP contribution in [0.5, 0.6) is 0 Å². The van der Waals surface area contributed by atoms with E-state index in [0.29, 0.717) is 19.6 Å². The molecule has 0 aromatic heterocycles. The molecular weight excluding hydrogens is 320 g/mol. The minimum atomic E-state index is -0.963. The zero-order chi connectivity index (χ0) is 17.5. The van der Waals surface area contributed by atoms with Gasteiger partial charge in [0.2, 0.25) is 0 Å². The topological polar surface area (TPSA) is 68.2 Å². The van der Waals surface area contributed by atoms with Crippen LogP contribution in [-0.4, -0.2) is 41.4 Å². The van der Waals surface area contributed by atoms with Gasteiger partial charge in [0.1, 0.15) is 12.2 Å². The van der Waals surface area contributed by atoms with Gasteiger partial charge in [0, 0.05) is 6.42 Å². The highest BCUT2D eigenvalue weighted by Crippen LogP contribution is 2.26. The lowest BCUT2D eigenvalue weighted by Crippen LogP contribution is -2.52. The van der Waals surface area contributed by atoms with Crippen molar-refractivity contribution >= 4 is 0 Å². The minimum Gasteiger partial charge on any atom is -0.394 e. The molecule has 0 bridgehead atoms. The van der Waals surface area contributed by atoms with E-state index in [0.717, 1.165) is 11.1 Å². The zero-order valence-corrected chi connectivity index (χ0v) is 14.0. The molecule has 134 valence electrons. The maximum absolute atomic E-state index is 9.91. The second kappa shape index (κ2) is 9.08. The molecule has 3 rings (SSSR count). The highest BCUT2D eigenvalue weighted by molar-refractivity contribution is 5.14. The Bertz CT molecular complexity index is 618. The van der Waals surface area contributed by atoms with Crippen molar-refractivity contribution in [1.82, 2.24) is 0 Å². The first-order valence-electron chi connectivity index (χ1n) is 8.51. The molecule has 1 heterocycles. The summed E-state index contributed by atoms with van der Waals surface area (Å²) in [6.45, 7) is 0.579. The summed E-state index contributed by atoms with van der Waals surface area (Å²) < 4.78 is 17.4. The summed E-state index contributed by atoms with van der Waals surface area (Å²) in [5, 5.41) is 19.5. The Morgan fingerprint density at radius 2 is 1.44 bits per heavy atom. The predicted molar refractivity (Wildman–Crippen MR) is 92.6 cm³/mol. The third-order valence-corrected chi connectivity index (χ3v) is 4.27. The number of ether oxygens (including phenoxy) is 3. The molecule has 1 unspecified atom stereocenters. The van der Waals surface area contributed by atoms with Gasteiger partial charge in [-0.05, 0) is 11.1 Å². The van der Waals surface area contributed by atoms with Crippen LogP contribution in [0.2, 0.25) is 0 Å². The molecule has 0 spiro atoms. The first-order chi connectivity index (χ1) is 12.3. The van der Waals surface area contributed by atoms with Crippen LogP contribution in [0.4, 0.5) is 0 Å². The lowest BCUT2D eigenvalue weighted by atomic mass is 10.0. The molecule has 2 N–H and O–H groups in total.